The lowest BCUT2D eigenvalue weighted by Gasteiger charge is -2.17. The van der Waals surface area contributed by atoms with E-state index in [9.17, 15) is 19.7 Å². The minimum absolute atomic E-state index is 0.0211. The fraction of sp³-hybridized carbons (Fsp3) is 0.222. The Labute approximate surface area is 165 Å². The van der Waals surface area contributed by atoms with Crippen LogP contribution in [0.25, 0.3) is 0 Å². The maximum atomic E-state index is 12.1. The van der Waals surface area contributed by atoms with Gasteiger partial charge in [-0.05, 0) is 30.3 Å². The number of hydrogen-bond donors (Lipinski definition) is 1. The minimum atomic E-state index is -0.916. The molecule has 28 heavy (non-hydrogen) atoms. The quantitative estimate of drug-likeness (QED) is 0.308. The number of esters is 1. The van der Waals surface area contributed by atoms with Gasteiger partial charge >= 0.3 is 5.97 Å². The fourth-order valence-corrected chi connectivity index (χ4v) is 2.23. The zero-order chi connectivity index (χ0) is 20.7. The molecule has 0 bridgehead atoms. The van der Waals surface area contributed by atoms with Crippen molar-refractivity contribution in [3.63, 3.8) is 0 Å². The molecular formula is C18H18ClN3O6. The van der Waals surface area contributed by atoms with Crippen LogP contribution in [0.3, 0.4) is 0 Å². The Hall–Kier alpha value is -3.33. The van der Waals surface area contributed by atoms with E-state index in [1.165, 1.54) is 24.1 Å². The number of nitrogens with two attached hydrogens (primary N) is 1. The molecule has 1 amide bonds. The highest BCUT2D eigenvalue weighted by atomic mass is 35.5. The number of halogens is 1. The second-order valence-electron chi connectivity index (χ2n) is 5.72. The molecule has 148 valence electrons. The predicted molar refractivity (Wildman–Crippen MR) is 102 cm³/mol. The van der Waals surface area contributed by atoms with Crippen LogP contribution in [0, 0.1) is 10.1 Å². The van der Waals surface area contributed by atoms with E-state index >= 15 is 0 Å². The fourth-order valence-electron chi connectivity index (χ4n) is 2.11. The van der Waals surface area contributed by atoms with E-state index in [1.807, 2.05) is 0 Å². The number of non-ortho nitro benzene ring substituents is 1. The molecule has 2 rings (SSSR count). The summed E-state index contributed by atoms with van der Waals surface area (Å²) in [6.07, 6.45) is 0. The summed E-state index contributed by atoms with van der Waals surface area (Å²) in [5.41, 5.74) is 5.19. The predicted octanol–water partition coefficient (Wildman–Crippen LogP) is 2.52. The number of carbonyl (C=O) groups is 2. The summed E-state index contributed by atoms with van der Waals surface area (Å²) in [5, 5.41) is 11.4. The van der Waals surface area contributed by atoms with E-state index in [4.69, 9.17) is 26.8 Å². The molecular weight excluding hydrogens is 390 g/mol. The summed E-state index contributed by atoms with van der Waals surface area (Å²) in [6.45, 7) is -0.0357. The Bertz CT molecular complexity index is 872. The zero-order valence-corrected chi connectivity index (χ0v) is 15.7. The summed E-state index contributed by atoms with van der Waals surface area (Å²) in [5.74, 6) is -0.768. The van der Waals surface area contributed by atoms with Gasteiger partial charge in [0, 0.05) is 29.9 Å². The average molecular weight is 408 g/mol. The van der Waals surface area contributed by atoms with Crippen LogP contribution in [0.5, 0.6) is 5.75 Å². The van der Waals surface area contributed by atoms with Crippen LogP contribution in [0.15, 0.2) is 42.5 Å². The molecule has 0 saturated heterocycles. The van der Waals surface area contributed by atoms with Gasteiger partial charge in [-0.3, -0.25) is 14.9 Å². The SMILES string of the molecule is CN(CCOc1ccc(Cl)cc1)C(=O)COC(=O)c1cc([N+](=O)[O-])ccc1N. The molecule has 0 aliphatic rings. The van der Waals surface area contributed by atoms with Gasteiger partial charge in [-0.1, -0.05) is 11.6 Å². The number of nitrogens with zero attached hydrogens (tertiary/aromatic N) is 2. The summed E-state index contributed by atoms with van der Waals surface area (Å²) < 4.78 is 10.4. The van der Waals surface area contributed by atoms with E-state index in [2.05, 4.69) is 0 Å². The van der Waals surface area contributed by atoms with Crippen molar-refractivity contribution in [2.45, 2.75) is 0 Å². The van der Waals surface area contributed by atoms with Gasteiger partial charge in [0.05, 0.1) is 17.0 Å². The summed E-state index contributed by atoms with van der Waals surface area (Å²) in [6, 6.07) is 10.2. The van der Waals surface area contributed by atoms with Gasteiger partial charge < -0.3 is 20.1 Å². The number of likely N-dealkylation sites (N-methyl/N-ethyl adjacent to an activating group) is 1. The Morgan fingerprint density at radius 1 is 1.21 bits per heavy atom. The molecule has 2 N–H and O–H groups in total. The summed E-state index contributed by atoms with van der Waals surface area (Å²) in [4.78, 5) is 35.6. The largest absolute Gasteiger partial charge is 0.492 e. The zero-order valence-electron chi connectivity index (χ0n) is 15.0. The van der Waals surface area contributed by atoms with Crippen molar-refractivity contribution in [1.82, 2.24) is 4.90 Å². The molecule has 0 aromatic heterocycles. The first-order valence-electron chi connectivity index (χ1n) is 8.11. The molecule has 9 nitrogen and oxygen atoms in total. The maximum Gasteiger partial charge on any atom is 0.341 e. The first-order chi connectivity index (χ1) is 13.3. The number of hydrogen-bond acceptors (Lipinski definition) is 7. The van der Waals surface area contributed by atoms with Crippen molar-refractivity contribution in [1.29, 1.82) is 0 Å². The molecule has 0 heterocycles. The Balaban J connectivity index is 1.82. The van der Waals surface area contributed by atoms with E-state index in [1.54, 1.807) is 24.3 Å². The number of nitro benzene ring substituents is 1. The van der Waals surface area contributed by atoms with Crippen molar-refractivity contribution < 1.29 is 24.0 Å². The van der Waals surface area contributed by atoms with Gasteiger partial charge in [0.25, 0.3) is 11.6 Å². The van der Waals surface area contributed by atoms with Crippen LogP contribution in [0.1, 0.15) is 10.4 Å². The molecule has 10 heteroatoms. The van der Waals surface area contributed by atoms with Crippen molar-refractivity contribution in [2.24, 2.45) is 0 Å². The standard InChI is InChI=1S/C18H18ClN3O6/c1-21(8-9-27-14-5-2-12(19)3-6-14)17(23)11-28-18(24)15-10-13(22(25)26)4-7-16(15)20/h2-7,10H,8-9,11,20H2,1H3. The van der Waals surface area contributed by atoms with Gasteiger partial charge in [0.15, 0.2) is 6.61 Å². The molecule has 0 aliphatic heterocycles. The lowest BCUT2D eigenvalue weighted by molar-refractivity contribution is -0.384. The van der Waals surface area contributed by atoms with Crippen molar-refractivity contribution >= 4 is 34.9 Å². The van der Waals surface area contributed by atoms with Crippen LogP contribution in [-0.2, 0) is 9.53 Å². The first-order valence-corrected chi connectivity index (χ1v) is 8.49. The number of anilines is 1. The second-order valence-corrected chi connectivity index (χ2v) is 6.16. The average Bonchev–Trinajstić information content (AvgIpc) is 2.67. The highest BCUT2D eigenvalue weighted by molar-refractivity contribution is 6.30. The number of rotatable bonds is 8. The van der Waals surface area contributed by atoms with Crippen molar-refractivity contribution in [3.05, 3.63) is 63.2 Å². The maximum absolute atomic E-state index is 12.1. The number of carbonyl (C=O) groups excluding carboxylic acids is 2. The highest BCUT2D eigenvalue weighted by Gasteiger charge is 2.18. The highest BCUT2D eigenvalue weighted by Crippen LogP contribution is 2.20. The van der Waals surface area contributed by atoms with Crippen LogP contribution in [0.4, 0.5) is 11.4 Å². The van der Waals surface area contributed by atoms with E-state index in [-0.39, 0.29) is 30.1 Å². The number of benzene rings is 2. The van der Waals surface area contributed by atoms with Gasteiger partial charge in [-0.25, -0.2) is 4.79 Å². The van der Waals surface area contributed by atoms with Crippen molar-refractivity contribution in [3.8, 4) is 5.75 Å². The van der Waals surface area contributed by atoms with Crippen LogP contribution in [0.2, 0.25) is 5.02 Å². The van der Waals surface area contributed by atoms with Crippen LogP contribution < -0.4 is 10.5 Å². The molecule has 0 unspecified atom stereocenters. The van der Waals surface area contributed by atoms with E-state index < -0.39 is 23.4 Å². The van der Waals surface area contributed by atoms with Gasteiger partial charge in [-0.15, -0.1) is 0 Å². The molecule has 0 saturated carbocycles. The molecule has 0 atom stereocenters. The topological polar surface area (TPSA) is 125 Å². The smallest absolute Gasteiger partial charge is 0.341 e. The molecule has 0 radical (unpaired) electrons. The first kappa shape index (κ1) is 21.0. The third kappa shape index (κ3) is 5.85. The molecule has 0 fully saturated rings. The second kappa shape index (κ2) is 9.56. The number of nitro groups is 1. The molecule has 2 aromatic rings. The monoisotopic (exact) mass is 407 g/mol. The molecule has 2 aromatic carbocycles. The Morgan fingerprint density at radius 2 is 1.89 bits per heavy atom. The normalized spacial score (nSPS) is 10.2. The minimum Gasteiger partial charge on any atom is -0.492 e. The van der Waals surface area contributed by atoms with E-state index in [0.717, 1.165) is 6.07 Å². The summed E-state index contributed by atoms with van der Waals surface area (Å²) in [7, 11) is 1.53. The number of nitrogen functional groups attached to an aromatic ring is 1. The van der Waals surface area contributed by atoms with Crippen LogP contribution >= 0.6 is 11.6 Å². The third-order valence-corrected chi connectivity index (χ3v) is 3.98. The third-order valence-electron chi connectivity index (χ3n) is 3.73. The van der Waals surface area contributed by atoms with Gasteiger partial charge in [-0.2, -0.15) is 0 Å². The Morgan fingerprint density at radius 3 is 2.54 bits per heavy atom. The van der Waals surface area contributed by atoms with Crippen LogP contribution in [-0.4, -0.2) is 48.5 Å². The molecule has 0 spiro atoms. The molecule has 0 aliphatic carbocycles. The lowest BCUT2D eigenvalue weighted by atomic mass is 10.1. The van der Waals surface area contributed by atoms with E-state index in [0.29, 0.717) is 10.8 Å². The van der Waals surface area contributed by atoms with Crippen molar-refractivity contribution in [2.75, 3.05) is 32.5 Å². The van der Waals surface area contributed by atoms with Gasteiger partial charge in [0.1, 0.15) is 12.4 Å². The lowest BCUT2D eigenvalue weighted by Crippen LogP contribution is -2.34. The van der Waals surface area contributed by atoms with Gasteiger partial charge in [0.2, 0.25) is 0 Å². The Kier molecular flexibility index (Phi) is 7.16. The summed E-state index contributed by atoms with van der Waals surface area (Å²) >= 11 is 5.79. The number of amides is 1. The number of ether oxygens (including phenoxy) is 2.